The number of pyridine rings is 1. The summed E-state index contributed by atoms with van der Waals surface area (Å²) in [6.07, 6.45) is -3.66. The maximum absolute atomic E-state index is 12.9. The van der Waals surface area contributed by atoms with Crippen LogP contribution in [0.25, 0.3) is 0 Å². The van der Waals surface area contributed by atoms with Crippen molar-refractivity contribution in [2.24, 2.45) is 0 Å². The number of anilines is 1. The standard InChI is InChI=1S/C14H8ClF3N3O3S/c1-8-4-13(12(6-19)20-7-8)21(22)25(23,24)9-2-3-11(15)10(5-9)14(16,17)18/h2-5,7H,1H3/q-1. The van der Waals surface area contributed by atoms with Crippen molar-refractivity contribution in [2.45, 2.75) is 18.0 Å². The first-order chi connectivity index (χ1) is 11.5. The van der Waals surface area contributed by atoms with Crippen LogP contribution in [0.5, 0.6) is 0 Å². The maximum atomic E-state index is 12.9. The van der Waals surface area contributed by atoms with Gasteiger partial charge in [-0.1, -0.05) is 11.6 Å². The van der Waals surface area contributed by atoms with Crippen LogP contribution in [-0.4, -0.2) is 13.4 Å². The molecule has 25 heavy (non-hydrogen) atoms. The topological polar surface area (TPSA) is 97.1 Å². The Morgan fingerprint density at radius 2 is 1.96 bits per heavy atom. The quantitative estimate of drug-likeness (QED) is 0.745. The van der Waals surface area contributed by atoms with Gasteiger partial charge in [0.25, 0.3) is 10.0 Å². The van der Waals surface area contributed by atoms with Crippen LogP contribution in [-0.2, 0) is 16.2 Å². The van der Waals surface area contributed by atoms with Crippen molar-refractivity contribution in [1.82, 2.24) is 4.98 Å². The van der Waals surface area contributed by atoms with Gasteiger partial charge in [-0.05, 0) is 36.8 Å². The lowest BCUT2D eigenvalue weighted by Gasteiger charge is -2.30. The molecule has 132 valence electrons. The first-order valence-corrected chi connectivity index (χ1v) is 8.26. The van der Waals surface area contributed by atoms with Gasteiger partial charge in [0.15, 0.2) is 5.69 Å². The molecule has 0 atom stereocenters. The van der Waals surface area contributed by atoms with Gasteiger partial charge in [0.1, 0.15) is 6.07 Å². The lowest BCUT2D eigenvalue weighted by atomic mass is 10.2. The smallest absolute Gasteiger partial charge is 0.417 e. The number of nitrogens with zero attached hydrogens (tertiary/aromatic N) is 3. The Labute approximate surface area is 145 Å². The highest BCUT2D eigenvalue weighted by Gasteiger charge is 2.35. The minimum Gasteiger partial charge on any atom is -0.744 e. The number of sulfonamides is 1. The summed E-state index contributed by atoms with van der Waals surface area (Å²) in [5.74, 6) is 0. The molecule has 0 fully saturated rings. The van der Waals surface area contributed by atoms with Crippen LogP contribution < -0.4 is 4.47 Å². The van der Waals surface area contributed by atoms with Gasteiger partial charge in [-0.15, -0.1) is 0 Å². The van der Waals surface area contributed by atoms with Crippen LogP contribution in [0.4, 0.5) is 18.9 Å². The second kappa shape index (κ2) is 6.51. The number of hydrogen-bond donors (Lipinski definition) is 0. The highest BCUT2D eigenvalue weighted by molar-refractivity contribution is 7.93. The Bertz CT molecular complexity index is 972. The normalized spacial score (nSPS) is 11.9. The molecule has 11 heteroatoms. The molecule has 2 aromatic rings. The van der Waals surface area contributed by atoms with Gasteiger partial charge in [0.2, 0.25) is 0 Å². The molecule has 2 rings (SSSR count). The molecular formula is C14H8ClF3N3O3S-. The zero-order valence-electron chi connectivity index (χ0n) is 12.4. The first-order valence-electron chi connectivity index (χ1n) is 6.44. The highest BCUT2D eigenvalue weighted by Crippen LogP contribution is 2.37. The van der Waals surface area contributed by atoms with E-state index in [0.29, 0.717) is 5.56 Å². The predicted molar refractivity (Wildman–Crippen MR) is 83.2 cm³/mol. The van der Waals surface area contributed by atoms with Crippen LogP contribution in [0, 0.1) is 23.5 Å². The van der Waals surface area contributed by atoms with Gasteiger partial charge in [-0.3, -0.25) is 0 Å². The van der Waals surface area contributed by atoms with E-state index < -0.39 is 47.5 Å². The van der Waals surface area contributed by atoms with Crippen molar-refractivity contribution in [2.75, 3.05) is 4.47 Å². The molecule has 0 N–H and O–H groups in total. The van der Waals surface area contributed by atoms with Crippen molar-refractivity contribution < 1.29 is 21.6 Å². The molecule has 0 spiro atoms. The summed E-state index contributed by atoms with van der Waals surface area (Å²) in [5, 5.41) is 20.5. The number of aromatic nitrogens is 1. The number of nitriles is 1. The molecule has 0 radical (unpaired) electrons. The Morgan fingerprint density at radius 3 is 2.52 bits per heavy atom. The van der Waals surface area contributed by atoms with E-state index in [1.54, 1.807) is 6.07 Å². The fourth-order valence-electron chi connectivity index (χ4n) is 1.89. The van der Waals surface area contributed by atoms with Gasteiger partial charge in [0.05, 0.1) is 21.2 Å². The van der Waals surface area contributed by atoms with E-state index in [1.807, 2.05) is 0 Å². The minimum absolute atomic E-state index is 0.262. The molecule has 1 aromatic carbocycles. The monoisotopic (exact) mass is 390 g/mol. The zero-order valence-corrected chi connectivity index (χ0v) is 13.9. The van der Waals surface area contributed by atoms with Gasteiger partial charge in [0, 0.05) is 6.20 Å². The molecule has 0 saturated heterocycles. The Kier molecular flexibility index (Phi) is 4.94. The molecule has 0 unspecified atom stereocenters. The molecule has 1 aromatic heterocycles. The molecule has 6 nitrogen and oxygen atoms in total. The maximum Gasteiger partial charge on any atom is 0.417 e. The summed E-state index contributed by atoms with van der Waals surface area (Å²) >= 11 is 5.44. The summed E-state index contributed by atoms with van der Waals surface area (Å²) in [6, 6.07) is 4.41. The SMILES string of the molecule is Cc1cnc(C#N)c(N([O-])S(=O)(=O)c2ccc(Cl)c(C(F)(F)F)c2)c1. The van der Waals surface area contributed by atoms with Crippen LogP contribution in [0.15, 0.2) is 35.4 Å². The predicted octanol–water partition coefficient (Wildman–Crippen LogP) is 3.63. The van der Waals surface area contributed by atoms with Crippen LogP contribution >= 0.6 is 11.6 Å². The minimum atomic E-state index is -4.91. The average Bonchev–Trinajstić information content (AvgIpc) is 2.53. The Balaban J connectivity index is 2.60. The molecule has 0 amide bonds. The van der Waals surface area contributed by atoms with Crippen molar-refractivity contribution in [3.63, 3.8) is 0 Å². The highest BCUT2D eigenvalue weighted by atomic mass is 35.5. The number of halogens is 4. The van der Waals surface area contributed by atoms with Crippen molar-refractivity contribution in [3.8, 4) is 6.07 Å². The van der Waals surface area contributed by atoms with Gasteiger partial charge in [-0.25, -0.2) is 13.4 Å². The molecule has 0 bridgehead atoms. The third-order valence-corrected chi connectivity index (χ3v) is 4.88. The third kappa shape index (κ3) is 3.68. The lowest BCUT2D eigenvalue weighted by Crippen LogP contribution is -2.26. The van der Waals surface area contributed by atoms with Gasteiger partial charge in [-0.2, -0.15) is 18.4 Å². The largest absolute Gasteiger partial charge is 0.744 e. The number of rotatable bonds is 3. The number of benzene rings is 1. The van der Waals surface area contributed by atoms with E-state index in [4.69, 9.17) is 16.9 Å². The van der Waals surface area contributed by atoms with E-state index >= 15 is 0 Å². The molecule has 0 aliphatic carbocycles. The summed E-state index contributed by atoms with van der Waals surface area (Å²) in [4.78, 5) is 2.72. The molecular weight excluding hydrogens is 383 g/mol. The van der Waals surface area contributed by atoms with Crippen molar-refractivity contribution in [3.05, 3.63) is 57.5 Å². The van der Waals surface area contributed by atoms with E-state index in [0.717, 1.165) is 18.2 Å². The summed E-state index contributed by atoms with van der Waals surface area (Å²) in [6.45, 7) is 1.50. The van der Waals surface area contributed by atoms with Crippen molar-refractivity contribution in [1.29, 1.82) is 5.26 Å². The van der Waals surface area contributed by atoms with E-state index in [9.17, 15) is 26.8 Å². The second-order valence-electron chi connectivity index (χ2n) is 4.86. The Hall–Kier alpha value is -2.35. The van der Waals surface area contributed by atoms with Crippen LogP contribution in [0.3, 0.4) is 0 Å². The fourth-order valence-corrected chi connectivity index (χ4v) is 3.21. The first kappa shape index (κ1) is 19.0. The van der Waals surface area contributed by atoms with E-state index in [2.05, 4.69) is 4.98 Å². The fraction of sp³-hybridized carbons (Fsp3) is 0.143. The zero-order chi connectivity index (χ0) is 19.0. The van der Waals surface area contributed by atoms with Crippen LogP contribution in [0.1, 0.15) is 16.8 Å². The Morgan fingerprint density at radius 1 is 1.32 bits per heavy atom. The second-order valence-corrected chi connectivity index (χ2v) is 7.02. The molecule has 0 saturated carbocycles. The van der Waals surface area contributed by atoms with Crippen molar-refractivity contribution >= 4 is 27.3 Å². The van der Waals surface area contributed by atoms with Crippen LogP contribution in [0.2, 0.25) is 5.02 Å². The van der Waals surface area contributed by atoms with E-state index in [-0.39, 0.29) is 6.07 Å². The average molecular weight is 391 g/mol. The third-order valence-electron chi connectivity index (χ3n) is 3.07. The summed E-state index contributed by atoms with van der Waals surface area (Å²) in [5.41, 5.74) is -2.08. The number of aryl methyl sites for hydroxylation is 1. The molecule has 0 aliphatic rings. The van der Waals surface area contributed by atoms with E-state index in [1.165, 1.54) is 13.1 Å². The molecule has 0 aliphatic heterocycles. The molecule has 1 heterocycles. The summed E-state index contributed by atoms with van der Waals surface area (Å²) < 4.78 is 62.9. The number of hydrogen-bond acceptors (Lipinski definition) is 5. The number of alkyl halides is 3. The van der Waals surface area contributed by atoms with Gasteiger partial charge >= 0.3 is 6.18 Å². The summed E-state index contributed by atoms with van der Waals surface area (Å²) in [7, 11) is -4.91. The van der Waals surface area contributed by atoms with Gasteiger partial charge < -0.3 is 9.68 Å². The lowest BCUT2D eigenvalue weighted by molar-refractivity contribution is -0.137.